The maximum Gasteiger partial charge on any atom is 0.293 e. The summed E-state index contributed by atoms with van der Waals surface area (Å²) in [5.74, 6) is -0.348. The Morgan fingerprint density at radius 1 is 1.32 bits per heavy atom. The van der Waals surface area contributed by atoms with E-state index in [9.17, 15) is 14.9 Å². The first kappa shape index (κ1) is 17.2. The van der Waals surface area contributed by atoms with Crippen LogP contribution in [0.4, 0.5) is 11.4 Å². The fourth-order valence-corrected chi connectivity index (χ4v) is 3.58. The third kappa shape index (κ3) is 3.30. The number of halogens is 1. The number of nitro benzene ring substituents is 1. The van der Waals surface area contributed by atoms with Crippen LogP contribution in [0.5, 0.6) is 0 Å². The number of hydrogen-bond acceptors (Lipinski definition) is 4. The summed E-state index contributed by atoms with van der Waals surface area (Å²) in [5, 5.41) is 14.7. The molecule has 1 heterocycles. The molecule has 0 radical (unpaired) electrons. The molecule has 1 aliphatic heterocycles. The quantitative estimate of drug-likeness (QED) is 0.662. The van der Waals surface area contributed by atoms with E-state index >= 15 is 0 Å². The molecule has 7 heteroatoms. The Kier molecular flexibility index (Phi) is 4.90. The van der Waals surface area contributed by atoms with Crippen molar-refractivity contribution >= 4 is 28.9 Å². The minimum atomic E-state index is -0.441. The lowest BCUT2D eigenvalue weighted by Crippen LogP contribution is -2.24. The van der Waals surface area contributed by atoms with Crippen molar-refractivity contribution in [3.8, 4) is 0 Å². The molecule has 130 valence electrons. The van der Waals surface area contributed by atoms with Crippen LogP contribution in [0.2, 0.25) is 5.02 Å². The molecule has 0 bridgehead atoms. The summed E-state index contributed by atoms with van der Waals surface area (Å²) in [6, 6.07) is 12.1. The van der Waals surface area contributed by atoms with E-state index in [0.29, 0.717) is 17.3 Å². The van der Waals surface area contributed by atoms with Crippen molar-refractivity contribution in [3.63, 3.8) is 0 Å². The van der Waals surface area contributed by atoms with Gasteiger partial charge in [-0.1, -0.05) is 29.8 Å². The highest BCUT2D eigenvalue weighted by Gasteiger charge is 2.32. The lowest BCUT2D eigenvalue weighted by atomic mass is 10.0. The molecule has 1 amide bonds. The third-order valence-electron chi connectivity index (χ3n) is 4.49. The smallest absolute Gasteiger partial charge is 0.293 e. The summed E-state index contributed by atoms with van der Waals surface area (Å²) >= 11 is 6.33. The zero-order chi connectivity index (χ0) is 18.0. The first-order valence-electron chi connectivity index (χ1n) is 8.04. The second-order valence-electron chi connectivity index (χ2n) is 5.91. The standard InChI is InChI=1S/C18H18ClN3O3/c1-20-18(23)12-8-9-16(17(11-12)22(24)25)21-10-4-7-15(21)13-5-2-3-6-14(13)19/h2-3,5-6,8-9,11,15H,4,7,10H2,1H3,(H,20,23)/t15-/m0/s1. The van der Waals surface area contributed by atoms with Gasteiger partial charge in [0.25, 0.3) is 11.6 Å². The van der Waals surface area contributed by atoms with E-state index < -0.39 is 4.92 Å². The van der Waals surface area contributed by atoms with Crippen molar-refractivity contribution < 1.29 is 9.72 Å². The zero-order valence-corrected chi connectivity index (χ0v) is 14.5. The molecular formula is C18H18ClN3O3. The number of nitrogens with one attached hydrogen (secondary N) is 1. The molecule has 2 aromatic rings. The SMILES string of the molecule is CNC(=O)c1ccc(N2CCC[C@H]2c2ccccc2Cl)c([N+](=O)[O-])c1. The van der Waals surface area contributed by atoms with Crippen LogP contribution in [0.3, 0.4) is 0 Å². The topological polar surface area (TPSA) is 75.5 Å². The molecule has 1 N–H and O–H groups in total. The molecule has 0 aliphatic carbocycles. The first-order valence-corrected chi connectivity index (χ1v) is 8.42. The maximum absolute atomic E-state index is 11.8. The summed E-state index contributed by atoms with van der Waals surface area (Å²) in [7, 11) is 1.50. The van der Waals surface area contributed by atoms with Gasteiger partial charge >= 0.3 is 0 Å². The van der Waals surface area contributed by atoms with Gasteiger partial charge in [-0.05, 0) is 36.6 Å². The Balaban J connectivity index is 2.04. The number of hydrogen-bond donors (Lipinski definition) is 1. The van der Waals surface area contributed by atoms with Gasteiger partial charge in [0.2, 0.25) is 0 Å². The number of amides is 1. The van der Waals surface area contributed by atoms with Crippen LogP contribution < -0.4 is 10.2 Å². The van der Waals surface area contributed by atoms with Crippen LogP contribution in [-0.2, 0) is 0 Å². The molecule has 1 saturated heterocycles. The zero-order valence-electron chi connectivity index (χ0n) is 13.7. The molecule has 1 atom stereocenters. The van der Waals surface area contributed by atoms with E-state index in [0.717, 1.165) is 18.4 Å². The van der Waals surface area contributed by atoms with Crippen LogP contribution in [0.25, 0.3) is 0 Å². The van der Waals surface area contributed by atoms with Gasteiger partial charge in [-0.3, -0.25) is 14.9 Å². The number of anilines is 1. The van der Waals surface area contributed by atoms with E-state index in [1.54, 1.807) is 12.1 Å². The average Bonchev–Trinajstić information content (AvgIpc) is 3.10. The van der Waals surface area contributed by atoms with Gasteiger partial charge in [0, 0.05) is 30.2 Å². The lowest BCUT2D eigenvalue weighted by Gasteiger charge is -2.27. The summed E-state index contributed by atoms with van der Waals surface area (Å²) in [6.45, 7) is 0.704. The van der Waals surface area contributed by atoms with Crippen molar-refractivity contribution in [2.24, 2.45) is 0 Å². The van der Waals surface area contributed by atoms with Crippen LogP contribution in [0, 0.1) is 10.1 Å². The molecule has 0 aromatic heterocycles. The highest BCUT2D eigenvalue weighted by atomic mass is 35.5. The number of benzene rings is 2. The highest BCUT2D eigenvalue weighted by molar-refractivity contribution is 6.31. The molecule has 0 saturated carbocycles. The van der Waals surface area contributed by atoms with Crippen molar-refractivity contribution in [3.05, 3.63) is 68.7 Å². The normalized spacial score (nSPS) is 16.7. The lowest BCUT2D eigenvalue weighted by molar-refractivity contribution is -0.384. The molecule has 1 fully saturated rings. The summed E-state index contributed by atoms with van der Waals surface area (Å²) in [5.41, 5.74) is 1.68. The number of rotatable bonds is 4. The molecule has 2 aromatic carbocycles. The number of carbonyl (C=O) groups is 1. The Labute approximate surface area is 150 Å². The fraction of sp³-hybridized carbons (Fsp3) is 0.278. The minimum Gasteiger partial charge on any atom is -0.359 e. The van der Waals surface area contributed by atoms with E-state index in [1.165, 1.54) is 13.1 Å². The van der Waals surface area contributed by atoms with Crippen molar-refractivity contribution in [1.29, 1.82) is 0 Å². The van der Waals surface area contributed by atoms with Crippen LogP contribution in [0.1, 0.15) is 34.8 Å². The van der Waals surface area contributed by atoms with Gasteiger partial charge in [0.15, 0.2) is 0 Å². The van der Waals surface area contributed by atoms with Gasteiger partial charge in [-0.2, -0.15) is 0 Å². The predicted molar refractivity (Wildman–Crippen MR) is 97.3 cm³/mol. The Bertz CT molecular complexity index is 825. The molecule has 3 rings (SSSR count). The number of nitro groups is 1. The highest BCUT2D eigenvalue weighted by Crippen LogP contribution is 2.42. The second kappa shape index (κ2) is 7.11. The van der Waals surface area contributed by atoms with Crippen LogP contribution in [-0.4, -0.2) is 24.4 Å². The molecule has 25 heavy (non-hydrogen) atoms. The molecule has 1 aliphatic rings. The van der Waals surface area contributed by atoms with Gasteiger partial charge < -0.3 is 10.2 Å². The Morgan fingerprint density at radius 2 is 2.08 bits per heavy atom. The predicted octanol–water partition coefficient (Wildman–Crippen LogP) is 3.95. The van der Waals surface area contributed by atoms with Crippen molar-refractivity contribution in [2.45, 2.75) is 18.9 Å². The number of carbonyl (C=O) groups excluding carboxylic acids is 1. The third-order valence-corrected chi connectivity index (χ3v) is 4.83. The Hall–Kier alpha value is -2.60. The van der Waals surface area contributed by atoms with E-state index in [1.807, 2.05) is 29.2 Å². The van der Waals surface area contributed by atoms with E-state index in [4.69, 9.17) is 11.6 Å². The van der Waals surface area contributed by atoms with Crippen LogP contribution >= 0.6 is 11.6 Å². The molecular weight excluding hydrogens is 342 g/mol. The van der Waals surface area contributed by atoms with Gasteiger partial charge in [0.1, 0.15) is 5.69 Å². The minimum absolute atomic E-state index is 0.0155. The first-order chi connectivity index (χ1) is 12.0. The number of nitrogens with zero attached hydrogens (tertiary/aromatic N) is 2. The largest absolute Gasteiger partial charge is 0.359 e. The average molecular weight is 360 g/mol. The maximum atomic E-state index is 11.8. The monoisotopic (exact) mass is 359 g/mol. The molecule has 0 spiro atoms. The van der Waals surface area contributed by atoms with E-state index in [2.05, 4.69) is 5.32 Å². The van der Waals surface area contributed by atoms with Crippen molar-refractivity contribution in [2.75, 3.05) is 18.5 Å². The van der Waals surface area contributed by atoms with Gasteiger partial charge in [-0.25, -0.2) is 0 Å². The molecule has 0 unspecified atom stereocenters. The summed E-state index contributed by atoms with van der Waals surface area (Å²) < 4.78 is 0. The van der Waals surface area contributed by atoms with Gasteiger partial charge in [0.05, 0.1) is 11.0 Å². The van der Waals surface area contributed by atoms with Crippen molar-refractivity contribution in [1.82, 2.24) is 5.32 Å². The van der Waals surface area contributed by atoms with E-state index in [-0.39, 0.29) is 23.2 Å². The molecule has 6 nitrogen and oxygen atoms in total. The second-order valence-corrected chi connectivity index (χ2v) is 6.32. The van der Waals surface area contributed by atoms with Gasteiger partial charge in [-0.15, -0.1) is 0 Å². The van der Waals surface area contributed by atoms with Crippen LogP contribution in [0.15, 0.2) is 42.5 Å². The Morgan fingerprint density at radius 3 is 2.76 bits per heavy atom. The summed E-state index contributed by atoms with van der Waals surface area (Å²) in [4.78, 5) is 24.9. The fourth-order valence-electron chi connectivity index (χ4n) is 3.32. The summed E-state index contributed by atoms with van der Waals surface area (Å²) in [6.07, 6.45) is 1.79.